The second-order valence-corrected chi connectivity index (χ2v) is 4.73. The van der Waals surface area contributed by atoms with Crippen molar-refractivity contribution in [3.63, 3.8) is 0 Å². The van der Waals surface area contributed by atoms with Crippen LogP contribution in [0.2, 0.25) is 0 Å². The number of hydrogen-bond acceptors (Lipinski definition) is 3. The lowest BCUT2D eigenvalue weighted by Gasteiger charge is -2.05. The SMILES string of the molecule is Cc1ccc(NC(=O)c2ccc3ncn(C)c3c2)nc1. The zero-order valence-corrected chi connectivity index (χ0v) is 11.3. The number of benzene rings is 1. The maximum absolute atomic E-state index is 12.2. The summed E-state index contributed by atoms with van der Waals surface area (Å²) in [6.07, 6.45) is 3.45. The van der Waals surface area contributed by atoms with Crippen LogP contribution in [0.1, 0.15) is 15.9 Å². The van der Waals surface area contributed by atoms with Gasteiger partial charge < -0.3 is 9.88 Å². The molecule has 0 saturated carbocycles. The molecular formula is C15H14N4O. The Morgan fingerprint density at radius 2 is 2.05 bits per heavy atom. The molecule has 0 aliphatic heterocycles. The standard InChI is InChI=1S/C15H14N4O/c1-10-3-6-14(16-8-10)18-15(20)11-4-5-12-13(7-11)19(2)9-17-12/h3-9H,1-2H3,(H,16,18,20). The van der Waals surface area contributed by atoms with Crippen LogP contribution in [-0.4, -0.2) is 20.4 Å². The molecule has 0 unspecified atom stereocenters. The van der Waals surface area contributed by atoms with Crippen molar-refractivity contribution in [1.82, 2.24) is 14.5 Å². The number of rotatable bonds is 2. The Bertz CT molecular complexity index is 774. The van der Waals surface area contributed by atoms with Crippen LogP contribution in [0.5, 0.6) is 0 Å². The number of nitrogens with one attached hydrogen (secondary N) is 1. The fourth-order valence-corrected chi connectivity index (χ4v) is 2.00. The van der Waals surface area contributed by atoms with E-state index in [2.05, 4.69) is 15.3 Å². The van der Waals surface area contributed by atoms with Gasteiger partial charge in [-0.25, -0.2) is 9.97 Å². The van der Waals surface area contributed by atoms with Crippen LogP contribution in [0, 0.1) is 6.92 Å². The Kier molecular flexibility index (Phi) is 2.95. The van der Waals surface area contributed by atoms with Crippen molar-refractivity contribution in [2.24, 2.45) is 7.05 Å². The van der Waals surface area contributed by atoms with E-state index in [0.717, 1.165) is 16.6 Å². The average molecular weight is 266 g/mol. The third-order valence-electron chi connectivity index (χ3n) is 3.14. The molecule has 100 valence electrons. The maximum atomic E-state index is 12.2. The zero-order valence-electron chi connectivity index (χ0n) is 11.3. The Labute approximate surface area is 116 Å². The van der Waals surface area contributed by atoms with Gasteiger partial charge in [0.05, 0.1) is 17.4 Å². The topological polar surface area (TPSA) is 59.8 Å². The number of fused-ring (bicyclic) bond motifs is 1. The van der Waals surface area contributed by atoms with Crippen LogP contribution in [0.15, 0.2) is 42.9 Å². The van der Waals surface area contributed by atoms with Gasteiger partial charge in [-0.3, -0.25) is 4.79 Å². The van der Waals surface area contributed by atoms with Crippen molar-refractivity contribution >= 4 is 22.8 Å². The van der Waals surface area contributed by atoms with Gasteiger partial charge in [-0.2, -0.15) is 0 Å². The number of nitrogens with zero attached hydrogens (tertiary/aromatic N) is 3. The first kappa shape index (κ1) is 12.3. The van der Waals surface area contributed by atoms with Gasteiger partial charge in [0, 0.05) is 18.8 Å². The van der Waals surface area contributed by atoms with Crippen molar-refractivity contribution < 1.29 is 4.79 Å². The van der Waals surface area contributed by atoms with E-state index < -0.39 is 0 Å². The van der Waals surface area contributed by atoms with Crippen LogP contribution in [0.25, 0.3) is 11.0 Å². The molecule has 1 aromatic carbocycles. The Balaban J connectivity index is 1.88. The van der Waals surface area contributed by atoms with Gasteiger partial charge in [0.1, 0.15) is 5.82 Å². The van der Waals surface area contributed by atoms with E-state index in [9.17, 15) is 4.79 Å². The van der Waals surface area contributed by atoms with Gasteiger partial charge in [0.15, 0.2) is 0 Å². The number of aromatic nitrogens is 3. The van der Waals surface area contributed by atoms with E-state index in [0.29, 0.717) is 11.4 Å². The van der Waals surface area contributed by atoms with Crippen molar-refractivity contribution in [3.8, 4) is 0 Å². The van der Waals surface area contributed by atoms with Gasteiger partial charge in [-0.1, -0.05) is 6.07 Å². The number of amides is 1. The smallest absolute Gasteiger partial charge is 0.256 e. The molecule has 0 spiro atoms. The number of pyridine rings is 1. The lowest BCUT2D eigenvalue weighted by Crippen LogP contribution is -2.12. The number of anilines is 1. The second kappa shape index (κ2) is 4.77. The Morgan fingerprint density at radius 3 is 2.80 bits per heavy atom. The highest BCUT2D eigenvalue weighted by Crippen LogP contribution is 2.15. The highest BCUT2D eigenvalue weighted by atomic mass is 16.1. The van der Waals surface area contributed by atoms with Crippen LogP contribution in [0.3, 0.4) is 0 Å². The molecule has 5 heteroatoms. The van der Waals surface area contributed by atoms with E-state index in [1.807, 2.05) is 36.7 Å². The lowest BCUT2D eigenvalue weighted by atomic mass is 10.2. The highest BCUT2D eigenvalue weighted by Gasteiger charge is 2.09. The largest absolute Gasteiger partial charge is 0.334 e. The first-order chi connectivity index (χ1) is 9.63. The average Bonchev–Trinajstić information content (AvgIpc) is 2.82. The van der Waals surface area contributed by atoms with Crippen LogP contribution in [0.4, 0.5) is 5.82 Å². The highest BCUT2D eigenvalue weighted by molar-refractivity contribution is 6.05. The summed E-state index contributed by atoms with van der Waals surface area (Å²) in [7, 11) is 1.90. The van der Waals surface area contributed by atoms with Crippen molar-refractivity contribution in [2.45, 2.75) is 6.92 Å². The van der Waals surface area contributed by atoms with Crippen molar-refractivity contribution in [3.05, 3.63) is 54.0 Å². The molecular weight excluding hydrogens is 252 g/mol. The number of carbonyl (C=O) groups is 1. The molecule has 0 bridgehead atoms. The van der Waals surface area contributed by atoms with Gasteiger partial charge in [0.2, 0.25) is 0 Å². The third kappa shape index (κ3) is 2.25. The van der Waals surface area contributed by atoms with Crippen molar-refractivity contribution in [1.29, 1.82) is 0 Å². The molecule has 3 aromatic rings. The molecule has 1 N–H and O–H groups in total. The molecule has 5 nitrogen and oxygen atoms in total. The number of imidazole rings is 1. The van der Waals surface area contributed by atoms with E-state index in [1.54, 1.807) is 24.7 Å². The predicted octanol–water partition coefficient (Wildman–Crippen LogP) is 2.53. The Hall–Kier alpha value is -2.69. The first-order valence-electron chi connectivity index (χ1n) is 6.28. The lowest BCUT2D eigenvalue weighted by molar-refractivity contribution is 0.102. The van der Waals surface area contributed by atoms with E-state index in [-0.39, 0.29) is 5.91 Å². The van der Waals surface area contributed by atoms with Crippen LogP contribution in [-0.2, 0) is 7.05 Å². The summed E-state index contributed by atoms with van der Waals surface area (Å²) in [6, 6.07) is 9.13. The quantitative estimate of drug-likeness (QED) is 0.775. The first-order valence-corrected chi connectivity index (χ1v) is 6.28. The molecule has 1 amide bonds. The fourth-order valence-electron chi connectivity index (χ4n) is 2.00. The number of carbonyl (C=O) groups excluding carboxylic acids is 1. The van der Waals surface area contributed by atoms with Crippen LogP contribution < -0.4 is 5.32 Å². The Morgan fingerprint density at radius 1 is 1.20 bits per heavy atom. The molecule has 0 aliphatic carbocycles. The summed E-state index contributed by atoms with van der Waals surface area (Å²) in [6.45, 7) is 1.95. The number of aryl methyl sites for hydroxylation is 2. The molecule has 0 fully saturated rings. The maximum Gasteiger partial charge on any atom is 0.256 e. The summed E-state index contributed by atoms with van der Waals surface area (Å²) in [5.41, 5.74) is 3.44. The van der Waals surface area contributed by atoms with Gasteiger partial charge in [-0.05, 0) is 36.8 Å². The molecule has 2 aromatic heterocycles. The molecule has 20 heavy (non-hydrogen) atoms. The summed E-state index contributed by atoms with van der Waals surface area (Å²) in [4.78, 5) is 20.6. The van der Waals surface area contributed by atoms with Gasteiger partial charge in [-0.15, -0.1) is 0 Å². The minimum atomic E-state index is -0.176. The van der Waals surface area contributed by atoms with Crippen LogP contribution >= 0.6 is 0 Å². The predicted molar refractivity (Wildman–Crippen MR) is 77.6 cm³/mol. The summed E-state index contributed by atoms with van der Waals surface area (Å²) in [5, 5.41) is 2.78. The third-order valence-corrected chi connectivity index (χ3v) is 3.14. The second-order valence-electron chi connectivity index (χ2n) is 4.73. The normalized spacial score (nSPS) is 10.7. The van der Waals surface area contributed by atoms with E-state index in [4.69, 9.17) is 0 Å². The number of hydrogen-bond donors (Lipinski definition) is 1. The van der Waals surface area contributed by atoms with E-state index in [1.165, 1.54) is 0 Å². The van der Waals surface area contributed by atoms with Gasteiger partial charge in [0.25, 0.3) is 5.91 Å². The molecule has 0 radical (unpaired) electrons. The zero-order chi connectivity index (χ0) is 14.1. The molecule has 2 heterocycles. The fraction of sp³-hybridized carbons (Fsp3) is 0.133. The monoisotopic (exact) mass is 266 g/mol. The summed E-state index contributed by atoms with van der Waals surface area (Å²) in [5.74, 6) is 0.371. The van der Waals surface area contributed by atoms with Gasteiger partial charge >= 0.3 is 0 Å². The molecule has 0 saturated heterocycles. The molecule has 3 rings (SSSR count). The molecule has 0 aliphatic rings. The minimum Gasteiger partial charge on any atom is -0.334 e. The molecule has 0 atom stereocenters. The van der Waals surface area contributed by atoms with Crippen molar-refractivity contribution in [2.75, 3.05) is 5.32 Å². The van der Waals surface area contributed by atoms with E-state index >= 15 is 0 Å². The summed E-state index contributed by atoms with van der Waals surface area (Å²) < 4.78 is 1.89. The minimum absolute atomic E-state index is 0.176. The summed E-state index contributed by atoms with van der Waals surface area (Å²) >= 11 is 0.